The van der Waals surface area contributed by atoms with Crippen LogP contribution >= 0.6 is 36.4 Å². The third kappa shape index (κ3) is 6.86. The van der Waals surface area contributed by atoms with Crippen LogP contribution in [0, 0.1) is 0 Å². The van der Waals surface area contributed by atoms with Crippen LogP contribution < -0.4 is 6.54 Å². The van der Waals surface area contributed by atoms with Crippen LogP contribution in [0.2, 0.25) is 5.02 Å². The quantitative estimate of drug-likeness (QED) is 0.196. The van der Waals surface area contributed by atoms with E-state index in [1.54, 1.807) is 6.55 Å². The Morgan fingerprint density at radius 1 is 0.667 bits per heavy atom. The second-order valence-electron chi connectivity index (χ2n) is 17.2. The Labute approximate surface area is 295 Å². The Kier molecular flexibility index (Phi) is 10.7. The summed E-state index contributed by atoms with van der Waals surface area (Å²) in [5.74, 6) is 0. The monoisotopic (exact) mass is 741 g/mol. The maximum absolute atomic E-state index is 6.49. The van der Waals surface area contributed by atoms with Gasteiger partial charge in [0, 0.05) is 0 Å². The number of rotatable bonds is 3. The number of hydrogen-bond donors (Lipinski definition) is 0. The molecule has 5 rings (SSSR count). The van der Waals surface area contributed by atoms with Crippen LogP contribution in [0.5, 0.6) is 0 Å². The van der Waals surface area contributed by atoms with Gasteiger partial charge in [0.15, 0.2) is 0 Å². The van der Waals surface area contributed by atoms with E-state index in [0.29, 0.717) is 0 Å². The Bertz CT molecular complexity index is 1710. The average Bonchev–Trinajstić information content (AvgIpc) is 3.53. The van der Waals surface area contributed by atoms with E-state index in [4.69, 9.17) is 15.8 Å². The van der Waals surface area contributed by atoms with Crippen LogP contribution in [0.15, 0.2) is 64.0 Å². The molecule has 0 fully saturated rings. The SMILES string of the molecule is Cl.Cl.[CH2]=[Zr]([C]1=CC=CC1)([c]1ccc(Cl)cc1)[c]1c2c(cc(C(C)(C)C)c1C(C)(C)C)-c1cc(C(C)(C)C)c(C(C)(C)C)cc1C2. The predicted octanol–water partition coefficient (Wildman–Crippen LogP) is 11.3. The van der Waals surface area contributed by atoms with Crippen LogP contribution in [0.25, 0.3) is 11.1 Å². The molecule has 243 valence electrons. The van der Waals surface area contributed by atoms with Crippen molar-refractivity contribution in [2.75, 3.05) is 0 Å². The van der Waals surface area contributed by atoms with Crippen molar-refractivity contribution in [2.24, 2.45) is 0 Å². The van der Waals surface area contributed by atoms with Gasteiger partial charge in [0.05, 0.1) is 0 Å². The molecule has 0 saturated carbocycles. The van der Waals surface area contributed by atoms with Crippen molar-refractivity contribution in [1.29, 1.82) is 0 Å². The zero-order valence-corrected chi connectivity index (χ0v) is 34.4. The summed E-state index contributed by atoms with van der Waals surface area (Å²) in [7, 11) is 0. The molecular formula is C41H54Cl3Zr. The van der Waals surface area contributed by atoms with Crippen LogP contribution in [-0.2, 0) is 47.9 Å². The number of fused-ring (bicyclic) bond motifs is 3. The van der Waals surface area contributed by atoms with Crippen molar-refractivity contribution in [3.63, 3.8) is 0 Å². The molecule has 0 nitrogen and oxygen atoms in total. The predicted molar refractivity (Wildman–Crippen MR) is 204 cm³/mol. The molecule has 2 aliphatic carbocycles. The Hall–Kier alpha value is -1.24. The van der Waals surface area contributed by atoms with Gasteiger partial charge < -0.3 is 0 Å². The molecule has 0 aromatic heterocycles. The molecule has 0 radical (unpaired) electrons. The number of allylic oxidation sites excluding steroid dienone is 4. The standard InChI is InChI=1S/C29H41.C6H4Cl.C5H5.CH2.2ClH.Zr/c1-26(2,3)22-14-18-13-19-15-23(27(4,5)6)25(29(10,11)12)17-21(19)20(18)16-24(22)28(7,8)9;7-6-4-2-1-3-5-6;1-2-4-5-3-1;;;;/h14,16-17H,13H2,1-12H3;2-5H;1-3H,4H2;1H2;2*1H;. The van der Waals surface area contributed by atoms with E-state index >= 15 is 0 Å². The number of benzene rings is 3. The molecule has 0 bridgehead atoms. The Morgan fingerprint density at radius 3 is 1.64 bits per heavy atom. The van der Waals surface area contributed by atoms with Crippen LogP contribution in [0.3, 0.4) is 0 Å². The molecule has 1 unspecified atom stereocenters. The summed E-state index contributed by atoms with van der Waals surface area (Å²) >= 11 is 2.75. The molecule has 4 heteroatoms. The second kappa shape index (κ2) is 12.7. The maximum atomic E-state index is 6.49. The van der Waals surface area contributed by atoms with E-state index in [-0.39, 0.29) is 46.5 Å². The molecule has 0 saturated heterocycles. The first-order valence-corrected chi connectivity index (χ1v) is 21.8. The van der Waals surface area contributed by atoms with Gasteiger partial charge >= 0.3 is 273 Å². The van der Waals surface area contributed by atoms with Gasteiger partial charge in [0.1, 0.15) is 0 Å². The van der Waals surface area contributed by atoms with E-state index in [0.717, 1.165) is 17.9 Å². The van der Waals surface area contributed by atoms with E-state index < -0.39 is 19.8 Å². The molecular weight excluding hydrogens is 690 g/mol. The molecule has 0 N–H and O–H groups in total. The van der Waals surface area contributed by atoms with Crippen LogP contribution in [0.1, 0.15) is 123 Å². The van der Waals surface area contributed by atoms with E-state index in [1.165, 1.54) is 47.8 Å². The Morgan fingerprint density at radius 2 is 1.18 bits per heavy atom. The van der Waals surface area contributed by atoms with Crippen LogP contribution in [-0.4, -0.2) is 4.21 Å². The van der Waals surface area contributed by atoms with Gasteiger partial charge in [-0.05, 0) is 0 Å². The first kappa shape index (κ1) is 38.2. The zero-order chi connectivity index (χ0) is 31.9. The third-order valence-electron chi connectivity index (χ3n) is 9.59. The summed E-state index contributed by atoms with van der Waals surface area (Å²) in [6.07, 6.45) is 8.95. The first-order valence-electron chi connectivity index (χ1n) is 16.0. The summed E-state index contributed by atoms with van der Waals surface area (Å²) in [5.41, 5.74) is 11.9. The van der Waals surface area contributed by atoms with E-state index in [1.807, 2.05) is 0 Å². The van der Waals surface area contributed by atoms with Gasteiger partial charge in [0.2, 0.25) is 0 Å². The second-order valence-corrected chi connectivity index (χ2v) is 26.3. The topological polar surface area (TPSA) is 0 Å². The fourth-order valence-electron chi connectivity index (χ4n) is 7.45. The molecule has 45 heavy (non-hydrogen) atoms. The first-order chi connectivity index (χ1) is 19.6. The molecule has 0 spiro atoms. The van der Waals surface area contributed by atoms with Crippen molar-refractivity contribution in [1.82, 2.24) is 0 Å². The summed E-state index contributed by atoms with van der Waals surface area (Å²) in [5, 5.41) is 0.789. The zero-order valence-electron chi connectivity index (χ0n) is 29.6. The van der Waals surface area contributed by atoms with Crippen molar-refractivity contribution in [3.05, 3.63) is 102 Å². The minimum absolute atomic E-state index is 0. The van der Waals surface area contributed by atoms with Gasteiger partial charge in [-0.25, -0.2) is 0 Å². The van der Waals surface area contributed by atoms with Crippen molar-refractivity contribution in [2.45, 2.75) is 118 Å². The number of halogens is 3. The third-order valence-corrected chi connectivity index (χ3v) is 20.1. The molecule has 0 amide bonds. The van der Waals surface area contributed by atoms with Crippen molar-refractivity contribution < 1.29 is 19.8 Å². The molecule has 3 aromatic rings. The van der Waals surface area contributed by atoms with Gasteiger partial charge in [-0.3, -0.25) is 0 Å². The molecule has 2 aliphatic rings. The summed E-state index contributed by atoms with van der Waals surface area (Å²) < 4.78 is 10.00. The average molecular weight is 744 g/mol. The van der Waals surface area contributed by atoms with Gasteiger partial charge in [-0.15, -0.1) is 24.8 Å². The van der Waals surface area contributed by atoms with Gasteiger partial charge in [0.25, 0.3) is 0 Å². The molecule has 0 aliphatic heterocycles. The summed E-state index contributed by atoms with van der Waals surface area (Å²) in [4.78, 5) is 0. The van der Waals surface area contributed by atoms with E-state index in [2.05, 4.69) is 144 Å². The molecule has 0 heterocycles. The molecule has 3 aromatic carbocycles. The Balaban J connectivity index is 0.00000276. The normalized spacial score (nSPS) is 15.9. The van der Waals surface area contributed by atoms with Crippen molar-refractivity contribution in [3.8, 4) is 11.1 Å². The fraction of sp³-hybridized carbons (Fsp3) is 0.439. The van der Waals surface area contributed by atoms with Gasteiger partial charge in [-0.2, -0.15) is 0 Å². The van der Waals surface area contributed by atoms with Gasteiger partial charge in [-0.1, -0.05) is 0 Å². The fourth-order valence-corrected chi connectivity index (χ4v) is 18.0. The minimum atomic E-state index is -3.74. The number of hydrogen-bond acceptors (Lipinski definition) is 0. The summed E-state index contributed by atoms with van der Waals surface area (Å²) in [6.45, 7) is 28.6. The van der Waals surface area contributed by atoms with Crippen molar-refractivity contribution >= 4 is 47.2 Å². The van der Waals surface area contributed by atoms with E-state index in [9.17, 15) is 0 Å². The molecule has 1 atom stereocenters. The van der Waals surface area contributed by atoms with Crippen LogP contribution in [0.4, 0.5) is 0 Å². The summed E-state index contributed by atoms with van der Waals surface area (Å²) in [6, 6.07) is 16.5.